The first-order valence-corrected chi connectivity index (χ1v) is 5.80. The number of hydrogen-bond acceptors (Lipinski definition) is 3. The molecule has 0 atom stereocenters. The molecule has 15 heavy (non-hydrogen) atoms. The molecule has 2 aromatic heterocycles. The molecule has 0 aliphatic rings. The lowest BCUT2D eigenvalue weighted by Crippen LogP contribution is -1.95. The van der Waals surface area contributed by atoms with Crippen molar-refractivity contribution < 1.29 is 0 Å². The monoisotopic (exact) mass is 269 g/mol. The van der Waals surface area contributed by atoms with Gasteiger partial charge in [0.1, 0.15) is 5.69 Å². The average molecular weight is 270 g/mol. The van der Waals surface area contributed by atoms with Crippen molar-refractivity contribution in [2.45, 2.75) is 13.3 Å². The number of aryl methyl sites for hydroxylation is 3. The van der Waals surface area contributed by atoms with E-state index in [1.165, 1.54) is 0 Å². The second-order valence-electron chi connectivity index (χ2n) is 3.37. The Hall–Kier alpha value is -1.17. The Morgan fingerprint density at radius 2 is 2.20 bits per heavy atom. The molecule has 0 aliphatic heterocycles. The third-order valence-electron chi connectivity index (χ3n) is 2.13. The molecular weight excluding hydrogens is 258 g/mol. The molecule has 80 valence electrons. The van der Waals surface area contributed by atoms with Crippen LogP contribution in [0.25, 0.3) is 5.69 Å². The topological polar surface area (TPSA) is 48.5 Å². The first-order chi connectivity index (χ1) is 7.20. The van der Waals surface area contributed by atoms with Crippen molar-refractivity contribution in [3.8, 4) is 5.69 Å². The van der Waals surface area contributed by atoms with E-state index in [-0.39, 0.29) is 0 Å². The van der Waals surface area contributed by atoms with Gasteiger partial charge in [-0.25, -0.2) is 4.68 Å². The lowest BCUT2D eigenvalue weighted by atomic mass is 10.3. The predicted molar refractivity (Wildman–Crippen MR) is 60.4 cm³/mol. The fourth-order valence-electron chi connectivity index (χ4n) is 1.44. The van der Waals surface area contributed by atoms with E-state index in [4.69, 9.17) is 0 Å². The molecule has 6 heteroatoms. The van der Waals surface area contributed by atoms with Gasteiger partial charge in [-0.1, -0.05) is 21.1 Å². The maximum absolute atomic E-state index is 4.26. The number of hydrogen-bond donors (Lipinski definition) is 0. The van der Waals surface area contributed by atoms with Crippen LogP contribution in [0.5, 0.6) is 0 Å². The van der Waals surface area contributed by atoms with Crippen molar-refractivity contribution >= 4 is 15.9 Å². The number of alkyl halides is 1. The number of aromatic nitrogens is 5. The normalized spacial score (nSPS) is 10.9. The highest BCUT2D eigenvalue weighted by Crippen LogP contribution is 2.10. The Morgan fingerprint density at radius 3 is 2.80 bits per heavy atom. The highest BCUT2D eigenvalue weighted by molar-refractivity contribution is 9.09. The Balaban J connectivity index is 2.32. The molecule has 0 aliphatic carbocycles. The fourth-order valence-corrected chi connectivity index (χ4v) is 1.85. The minimum atomic E-state index is 0.888. The molecule has 2 heterocycles. The minimum Gasteiger partial charge on any atom is -0.273 e. The van der Waals surface area contributed by atoms with Crippen LogP contribution in [0.15, 0.2) is 12.4 Å². The van der Waals surface area contributed by atoms with Crippen LogP contribution in [0.3, 0.4) is 0 Å². The molecule has 0 unspecified atom stereocenters. The van der Waals surface area contributed by atoms with Crippen molar-refractivity contribution in [2.24, 2.45) is 7.05 Å². The van der Waals surface area contributed by atoms with E-state index < -0.39 is 0 Å². The van der Waals surface area contributed by atoms with E-state index in [0.29, 0.717) is 0 Å². The van der Waals surface area contributed by atoms with E-state index >= 15 is 0 Å². The van der Waals surface area contributed by atoms with E-state index in [9.17, 15) is 0 Å². The van der Waals surface area contributed by atoms with Gasteiger partial charge in [-0.05, 0) is 6.92 Å². The summed E-state index contributed by atoms with van der Waals surface area (Å²) in [6, 6.07) is 0. The Kier molecular flexibility index (Phi) is 2.86. The van der Waals surface area contributed by atoms with E-state index in [0.717, 1.165) is 28.8 Å². The van der Waals surface area contributed by atoms with Gasteiger partial charge in [0, 0.05) is 18.8 Å². The SMILES string of the molecule is Cc1nn(C)cc1-n1cc(CCBr)nn1. The van der Waals surface area contributed by atoms with Crippen LogP contribution >= 0.6 is 15.9 Å². The lowest BCUT2D eigenvalue weighted by molar-refractivity contribution is 0.755. The summed E-state index contributed by atoms with van der Waals surface area (Å²) in [5.74, 6) is 0. The summed E-state index contributed by atoms with van der Waals surface area (Å²) in [7, 11) is 1.90. The van der Waals surface area contributed by atoms with E-state index in [1.807, 2.05) is 26.4 Å². The Labute approximate surface area is 96.2 Å². The molecule has 0 fully saturated rings. The highest BCUT2D eigenvalue weighted by atomic mass is 79.9. The maximum atomic E-state index is 4.26. The van der Waals surface area contributed by atoms with E-state index in [1.54, 1.807) is 9.36 Å². The lowest BCUT2D eigenvalue weighted by Gasteiger charge is -1.94. The standard InChI is InChI=1S/C9H12BrN5/c1-7-9(6-14(2)12-7)15-5-8(3-4-10)11-13-15/h5-6H,3-4H2,1-2H3. The molecule has 2 aromatic rings. The van der Waals surface area contributed by atoms with Gasteiger partial charge < -0.3 is 0 Å². The molecule has 2 rings (SSSR count). The smallest absolute Gasteiger partial charge is 0.107 e. The van der Waals surface area contributed by atoms with Crippen LogP contribution in [0.2, 0.25) is 0 Å². The van der Waals surface area contributed by atoms with Gasteiger partial charge >= 0.3 is 0 Å². The summed E-state index contributed by atoms with van der Waals surface area (Å²) < 4.78 is 3.54. The summed E-state index contributed by atoms with van der Waals surface area (Å²) in [4.78, 5) is 0. The van der Waals surface area contributed by atoms with Crippen molar-refractivity contribution in [2.75, 3.05) is 5.33 Å². The average Bonchev–Trinajstić information content (AvgIpc) is 2.73. The first-order valence-electron chi connectivity index (χ1n) is 4.68. The van der Waals surface area contributed by atoms with Gasteiger partial charge in [-0.3, -0.25) is 4.68 Å². The Bertz CT molecular complexity index is 459. The summed E-state index contributed by atoms with van der Waals surface area (Å²) in [5, 5.41) is 13.3. The fraction of sp³-hybridized carbons (Fsp3) is 0.444. The van der Waals surface area contributed by atoms with Gasteiger partial charge in [0.15, 0.2) is 0 Å². The first kappa shape index (κ1) is 10.4. The molecule has 0 radical (unpaired) electrons. The molecule has 0 saturated carbocycles. The third-order valence-corrected chi connectivity index (χ3v) is 2.52. The highest BCUT2D eigenvalue weighted by Gasteiger charge is 2.07. The number of rotatable bonds is 3. The summed E-state index contributed by atoms with van der Waals surface area (Å²) >= 11 is 3.38. The largest absolute Gasteiger partial charge is 0.273 e. The van der Waals surface area contributed by atoms with Crippen LogP contribution in [0.4, 0.5) is 0 Å². The number of halogens is 1. The van der Waals surface area contributed by atoms with Crippen molar-refractivity contribution in [3.05, 3.63) is 23.8 Å². The quantitative estimate of drug-likeness (QED) is 0.788. The second-order valence-corrected chi connectivity index (χ2v) is 4.16. The van der Waals surface area contributed by atoms with Crippen LogP contribution in [-0.2, 0) is 13.5 Å². The van der Waals surface area contributed by atoms with Gasteiger partial charge in [0.2, 0.25) is 0 Å². The zero-order chi connectivity index (χ0) is 10.8. The Morgan fingerprint density at radius 1 is 1.40 bits per heavy atom. The van der Waals surface area contributed by atoms with Gasteiger partial charge in [-0.15, -0.1) is 5.10 Å². The van der Waals surface area contributed by atoms with Gasteiger partial charge in [-0.2, -0.15) is 5.10 Å². The van der Waals surface area contributed by atoms with E-state index in [2.05, 4.69) is 31.3 Å². The predicted octanol–water partition coefficient (Wildman–Crippen LogP) is 1.25. The minimum absolute atomic E-state index is 0.888. The van der Waals surface area contributed by atoms with Crippen molar-refractivity contribution in [3.63, 3.8) is 0 Å². The zero-order valence-corrected chi connectivity index (χ0v) is 10.3. The summed E-state index contributed by atoms with van der Waals surface area (Å²) in [5.41, 5.74) is 2.91. The van der Waals surface area contributed by atoms with Gasteiger partial charge in [0.05, 0.1) is 23.8 Å². The molecular formula is C9H12BrN5. The van der Waals surface area contributed by atoms with Gasteiger partial charge in [0.25, 0.3) is 0 Å². The third kappa shape index (κ3) is 2.09. The van der Waals surface area contributed by atoms with Crippen LogP contribution in [0.1, 0.15) is 11.4 Å². The molecule has 0 bridgehead atoms. The van der Waals surface area contributed by atoms with Crippen LogP contribution < -0.4 is 0 Å². The molecule has 0 amide bonds. The summed E-state index contributed by atoms with van der Waals surface area (Å²) in [6.07, 6.45) is 4.76. The van der Waals surface area contributed by atoms with Crippen molar-refractivity contribution in [1.82, 2.24) is 24.8 Å². The van der Waals surface area contributed by atoms with Crippen molar-refractivity contribution in [1.29, 1.82) is 0 Å². The molecule has 0 aromatic carbocycles. The second kappa shape index (κ2) is 4.14. The van der Waals surface area contributed by atoms with Crippen LogP contribution in [0, 0.1) is 6.92 Å². The zero-order valence-electron chi connectivity index (χ0n) is 8.68. The molecule has 0 saturated heterocycles. The molecule has 0 spiro atoms. The van der Waals surface area contributed by atoms with Crippen LogP contribution in [-0.4, -0.2) is 30.1 Å². The number of nitrogens with zero attached hydrogens (tertiary/aromatic N) is 5. The summed E-state index contributed by atoms with van der Waals surface area (Å²) in [6.45, 7) is 1.96. The molecule has 5 nitrogen and oxygen atoms in total. The molecule has 0 N–H and O–H groups in total. The maximum Gasteiger partial charge on any atom is 0.107 e.